The van der Waals surface area contributed by atoms with Gasteiger partial charge in [-0.15, -0.1) is 0 Å². The Morgan fingerprint density at radius 2 is 1.74 bits per heavy atom. The quantitative estimate of drug-likeness (QED) is 0.315. The Bertz CT molecular complexity index is 1240. The summed E-state index contributed by atoms with van der Waals surface area (Å²) >= 11 is 0. The van der Waals surface area contributed by atoms with E-state index in [1.54, 1.807) is 12.5 Å². The monoisotopic (exact) mass is 513 g/mol. The first-order valence-corrected chi connectivity index (χ1v) is 14.5. The molecule has 1 saturated heterocycles. The van der Waals surface area contributed by atoms with Crippen LogP contribution in [0, 0.1) is 18.8 Å². The van der Waals surface area contributed by atoms with E-state index in [2.05, 4.69) is 33.2 Å². The Labute approximate surface area is 225 Å². The highest BCUT2D eigenvalue weighted by molar-refractivity contribution is 5.96. The first kappa shape index (κ1) is 25.3. The predicted molar refractivity (Wildman–Crippen MR) is 148 cm³/mol. The van der Waals surface area contributed by atoms with Crippen LogP contribution in [0.5, 0.6) is 5.75 Å². The minimum Gasteiger partial charge on any atom is -0.493 e. The van der Waals surface area contributed by atoms with Crippen molar-refractivity contribution in [3.8, 4) is 17.1 Å². The number of aryl methyl sites for hydroxylation is 1. The first-order valence-electron chi connectivity index (χ1n) is 14.5. The number of likely N-dealkylation sites (tertiary alicyclic amines) is 1. The minimum absolute atomic E-state index is 0.253. The summed E-state index contributed by atoms with van der Waals surface area (Å²) in [5.41, 5.74) is 4.68. The lowest BCUT2D eigenvalue weighted by atomic mass is 9.78. The van der Waals surface area contributed by atoms with Gasteiger partial charge in [-0.05, 0) is 81.1 Å². The molecule has 6 nitrogen and oxygen atoms in total. The van der Waals surface area contributed by atoms with Crippen molar-refractivity contribution in [1.82, 2.24) is 15.0 Å². The van der Waals surface area contributed by atoms with E-state index in [4.69, 9.17) is 9.26 Å². The van der Waals surface area contributed by atoms with Crippen molar-refractivity contribution in [3.63, 3.8) is 0 Å². The van der Waals surface area contributed by atoms with Crippen LogP contribution in [-0.2, 0) is 6.42 Å². The van der Waals surface area contributed by atoms with Crippen molar-refractivity contribution in [3.05, 3.63) is 65.0 Å². The van der Waals surface area contributed by atoms with E-state index >= 15 is 0 Å². The number of rotatable bonds is 8. The highest BCUT2D eigenvalue weighted by Crippen LogP contribution is 2.38. The summed E-state index contributed by atoms with van der Waals surface area (Å²) in [5, 5.41) is 3.95. The molecule has 2 aliphatic heterocycles. The molecule has 1 aliphatic carbocycles. The number of Topliss-reactive ketones (excluding diaryl/α,β-unsaturated/α-hetero) is 1. The number of ketones is 1. The smallest absolute Gasteiger partial charge is 0.223 e. The molecule has 0 bridgehead atoms. The lowest BCUT2D eigenvalue weighted by Gasteiger charge is -2.35. The van der Waals surface area contributed by atoms with Crippen LogP contribution in [0.3, 0.4) is 0 Å². The van der Waals surface area contributed by atoms with Gasteiger partial charge in [0.15, 0.2) is 5.78 Å². The van der Waals surface area contributed by atoms with Gasteiger partial charge in [-0.2, -0.15) is 4.98 Å². The number of hydrogen-bond acceptors (Lipinski definition) is 6. The molecular formula is C32H39N3O3. The molecule has 38 heavy (non-hydrogen) atoms. The summed E-state index contributed by atoms with van der Waals surface area (Å²) in [4.78, 5) is 19.9. The zero-order valence-corrected chi connectivity index (χ0v) is 22.5. The van der Waals surface area contributed by atoms with Gasteiger partial charge in [-0.3, -0.25) is 4.79 Å². The van der Waals surface area contributed by atoms with Crippen LogP contribution in [-0.4, -0.2) is 47.1 Å². The normalized spacial score (nSPS) is 22.2. The fourth-order valence-electron chi connectivity index (χ4n) is 6.79. The first-order chi connectivity index (χ1) is 18.6. The molecule has 200 valence electrons. The van der Waals surface area contributed by atoms with Crippen molar-refractivity contribution < 1.29 is 14.1 Å². The van der Waals surface area contributed by atoms with Gasteiger partial charge in [0.25, 0.3) is 0 Å². The molecule has 2 aromatic carbocycles. The second kappa shape index (κ2) is 11.4. The van der Waals surface area contributed by atoms with Crippen molar-refractivity contribution in [2.45, 2.75) is 70.6 Å². The van der Waals surface area contributed by atoms with E-state index in [-0.39, 0.29) is 5.78 Å². The maximum atomic E-state index is 12.9. The van der Waals surface area contributed by atoms with Gasteiger partial charge < -0.3 is 14.2 Å². The van der Waals surface area contributed by atoms with E-state index in [1.165, 1.54) is 70.1 Å². The number of aromatic nitrogens is 2. The summed E-state index contributed by atoms with van der Waals surface area (Å²) in [7, 11) is 0. The fourth-order valence-corrected chi connectivity index (χ4v) is 6.79. The van der Waals surface area contributed by atoms with Crippen LogP contribution in [0.2, 0.25) is 0 Å². The summed E-state index contributed by atoms with van der Waals surface area (Å²) in [6.07, 6.45) is 10.5. The van der Waals surface area contributed by atoms with Crippen LogP contribution >= 0.6 is 0 Å². The van der Waals surface area contributed by atoms with E-state index in [0.717, 1.165) is 35.8 Å². The minimum atomic E-state index is 0.253. The molecule has 6 rings (SSSR count). The number of piperidine rings is 1. The zero-order valence-electron chi connectivity index (χ0n) is 22.5. The Kier molecular flexibility index (Phi) is 7.59. The lowest BCUT2D eigenvalue weighted by molar-refractivity contribution is 0.0939. The Balaban J connectivity index is 0.911. The van der Waals surface area contributed by atoms with Crippen molar-refractivity contribution >= 4 is 5.78 Å². The van der Waals surface area contributed by atoms with E-state index in [0.29, 0.717) is 30.0 Å². The third-order valence-corrected chi connectivity index (χ3v) is 9.09. The maximum Gasteiger partial charge on any atom is 0.223 e. The van der Waals surface area contributed by atoms with Gasteiger partial charge in [0.2, 0.25) is 11.7 Å². The number of benzene rings is 2. The number of hydrogen-bond donors (Lipinski definition) is 0. The Morgan fingerprint density at radius 3 is 2.47 bits per heavy atom. The van der Waals surface area contributed by atoms with Crippen LogP contribution in [0.25, 0.3) is 11.4 Å². The molecule has 1 saturated carbocycles. The average molecular weight is 514 g/mol. The average Bonchev–Trinajstić information content (AvgIpc) is 3.62. The van der Waals surface area contributed by atoms with Crippen LogP contribution in [0.15, 0.2) is 47.0 Å². The van der Waals surface area contributed by atoms with Gasteiger partial charge in [0.05, 0.1) is 6.61 Å². The van der Waals surface area contributed by atoms with Gasteiger partial charge in [0, 0.05) is 36.5 Å². The Morgan fingerprint density at radius 1 is 0.974 bits per heavy atom. The predicted octanol–water partition coefficient (Wildman–Crippen LogP) is 6.63. The molecule has 0 unspecified atom stereocenters. The molecule has 3 heterocycles. The topological polar surface area (TPSA) is 68.5 Å². The standard InChI is InChI=1S/C32H39N3O3/c1-22-33-32(34-38-22)27-11-9-26(10-12-27)30(36)21-24-7-5-23(6-8-24)13-17-35-18-14-25(15-19-35)28-3-2-4-31-29(28)16-20-37-31/h2-4,9-12,23-25H,5-8,13-21H2,1H3. The molecule has 3 aromatic rings. The molecule has 0 radical (unpaired) electrons. The van der Waals surface area contributed by atoms with Gasteiger partial charge in [0.1, 0.15) is 5.75 Å². The molecule has 0 spiro atoms. The molecule has 6 heteroatoms. The third kappa shape index (κ3) is 5.70. The zero-order chi connectivity index (χ0) is 25.9. The number of carbonyl (C=O) groups excluding carboxylic acids is 1. The second-order valence-electron chi connectivity index (χ2n) is 11.6. The van der Waals surface area contributed by atoms with Gasteiger partial charge in [-0.1, -0.05) is 54.4 Å². The van der Waals surface area contributed by atoms with Crippen LogP contribution in [0.1, 0.15) is 84.7 Å². The number of ether oxygens (including phenoxy) is 1. The van der Waals surface area contributed by atoms with Crippen molar-refractivity contribution in [1.29, 1.82) is 0 Å². The van der Waals surface area contributed by atoms with Crippen molar-refractivity contribution in [2.75, 3.05) is 26.2 Å². The van der Waals surface area contributed by atoms with Crippen LogP contribution < -0.4 is 4.74 Å². The van der Waals surface area contributed by atoms with Gasteiger partial charge >= 0.3 is 0 Å². The maximum absolute atomic E-state index is 12.9. The molecular weight excluding hydrogens is 474 g/mol. The molecule has 2 fully saturated rings. The molecule has 0 amide bonds. The van der Waals surface area contributed by atoms with E-state index in [1.807, 2.05) is 24.3 Å². The number of carbonyl (C=O) groups is 1. The molecule has 3 aliphatic rings. The largest absolute Gasteiger partial charge is 0.493 e. The summed E-state index contributed by atoms with van der Waals surface area (Å²) in [6.45, 7) is 6.27. The summed E-state index contributed by atoms with van der Waals surface area (Å²) in [5.74, 6) is 4.51. The van der Waals surface area contributed by atoms with Crippen molar-refractivity contribution in [2.24, 2.45) is 11.8 Å². The molecule has 0 N–H and O–H groups in total. The summed E-state index contributed by atoms with van der Waals surface area (Å²) < 4.78 is 10.8. The Hall–Kier alpha value is -2.99. The van der Waals surface area contributed by atoms with E-state index < -0.39 is 0 Å². The van der Waals surface area contributed by atoms with E-state index in [9.17, 15) is 4.79 Å². The summed E-state index contributed by atoms with van der Waals surface area (Å²) in [6, 6.07) is 14.3. The highest BCUT2D eigenvalue weighted by Gasteiger charge is 2.27. The lowest BCUT2D eigenvalue weighted by Crippen LogP contribution is -2.35. The fraction of sp³-hybridized carbons (Fsp3) is 0.531. The molecule has 0 atom stereocenters. The van der Waals surface area contributed by atoms with Crippen LogP contribution in [0.4, 0.5) is 0 Å². The number of fused-ring (bicyclic) bond motifs is 1. The second-order valence-corrected chi connectivity index (χ2v) is 11.6. The SMILES string of the molecule is Cc1nc(-c2ccc(C(=O)CC3CCC(CCN4CCC(c5cccc6c5CCO6)CC4)CC3)cc2)no1. The number of nitrogens with zero attached hydrogens (tertiary/aromatic N) is 3. The highest BCUT2D eigenvalue weighted by atomic mass is 16.5. The van der Waals surface area contributed by atoms with Gasteiger partial charge in [-0.25, -0.2) is 0 Å². The molecule has 1 aromatic heterocycles. The third-order valence-electron chi connectivity index (χ3n) is 9.09.